The summed E-state index contributed by atoms with van der Waals surface area (Å²) in [7, 11) is 0. The molecule has 4 atom stereocenters. The zero-order valence-corrected chi connectivity index (χ0v) is 14.4. The van der Waals surface area contributed by atoms with Crippen LogP contribution in [0.3, 0.4) is 0 Å². The highest BCUT2D eigenvalue weighted by Gasteiger charge is 2.44. The van der Waals surface area contributed by atoms with Gasteiger partial charge in [0.15, 0.2) is 23.2 Å². The molecule has 10 heteroatoms. The van der Waals surface area contributed by atoms with Crippen molar-refractivity contribution in [3.63, 3.8) is 0 Å². The minimum Gasteiger partial charge on any atom is -0.387 e. The molecule has 1 amide bonds. The van der Waals surface area contributed by atoms with E-state index in [9.17, 15) is 15.0 Å². The molecule has 0 bridgehead atoms. The SMILES string of the molecule is CC#CC(=O)Nc1ncnc2c1ncn2[C@@H]1O[C@H](CSC)[C@@H](O)[C@H]1O. The highest BCUT2D eigenvalue weighted by molar-refractivity contribution is 7.98. The maximum Gasteiger partial charge on any atom is 0.301 e. The summed E-state index contributed by atoms with van der Waals surface area (Å²) in [5, 5.41) is 23.0. The third-order valence-electron chi connectivity index (χ3n) is 3.77. The Bertz CT molecular complexity index is 845. The summed E-state index contributed by atoms with van der Waals surface area (Å²) in [6.07, 6.45) is 1.16. The number of ether oxygens (including phenoxy) is 1. The van der Waals surface area contributed by atoms with Gasteiger partial charge in [0.25, 0.3) is 0 Å². The summed E-state index contributed by atoms with van der Waals surface area (Å²) in [4.78, 5) is 24.0. The van der Waals surface area contributed by atoms with Gasteiger partial charge < -0.3 is 14.9 Å². The van der Waals surface area contributed by atoms with Crippen LogP contribution in [-0.4, -0.2) is 66.0 Å². The summed E-state index contributed by atoms with van der Waals surface area (Å²) in [5.41, 5.74) is 0.711. The van der Waals surface area contributed by atoms with E-state index in [4.69, 9.17) is 4.74 Å². The van der Waals surface area contributed by atoms with Crippen molar-refractivity contribution in [3.8, 4) is 11.8 Å². The van der Waals surface area contributed by atoms with Crippen LogP contribution in [0.5, 0.6) is 0 Å². The molecule has 3 rings (SSSR count). The fraction of sp³-hybridized carbons (Fsp3) is 0.467. The number of fused-ring (bicyclic) bond motifs is 1. The molecule has 2 aromatic rings. The number of carbonyl (C=O) groups is 1. The topological polar surface area (TPSA) is 122 Å². The molecule has 2 aromatic heterocycles. The fourth-order valence-electron chi connectivity index (χ4n) is 2.64. The maximum absolute atomic E-state index is 11.6. The molecule has 1 fully saturated rings. The number of amides is 1. The first kappa shape index (κ1) is 17.6. The van der Waals surface area contributed by atoms with Gasteiger partial charge in [0, 0.05) is 5.75 Å². The number of nitrogens with zero attached hydrogens (tertiary/aromatic N) is 4. The van der Waals surface area contributed by atoms with Crippen molar-refractivity contribution in [1.29, 1.82) is 0 Å². The molecule has 3 heterocycles. The lowest BCUT2D eigenvalue weighted by Gasteiger charge is -2.16. The molecular formula is C15H17N5O4S. The van der Waals surface area contributed by atoms with Crippen LogP contribution in [0.25, 0.3) is 11.2 Å². The van der Waals surface area contributed by atoms with Gasteiger partial charge in [-0.25, -0.2) is 15.0 Å². The first-order valence-electron chi connectivity index (χ1n) is 7.48. The van der Waals surface area contributed by atoms with Crippen LogP contribution in [0.1, 0.15) is 13.2 Å². The van der Waals surface area contributed by atoms with Gasteiger partial charge in [-0.2, -0.15) is 11.8 Å². The van der Waals surface area contributed by atoms with E-state index in [0.717, 1.165) is 0 Å². The average Bonchev–Trinajstić information content (AvgIpc) is 3.13. The Kier molecular flexibility index (Phi) is 5.19. The molecule has 0 unspecified atom stereocenters. The van der Waals surface area contributed by atoms with Gasteiger partial charge in [-0.05, 0) is 19.1 Å². The number of thioether (sulfide) groups is 1. The lowest BCUT2D eigenvalue weighted by atomic mass is 10.1. The second kappa shape index (κ2) is 7.37. The minimum atomic E-state index is -1.12. The van der Waals surface area contributed by atoms with Crippen molar-refractivity contribution >= 4 is 34.7 Å². The van der Waals surface area contributed by atoms with Gasteiger partial charge >= 0.3 is 5.91 Å². The van der Waals surface area contributed by atoms with Gasteiger partial charge in [-0.3, -0.25) is 14.7 Å². The minimum absolute atomic E-state index is 0.213. The van der Waals surface area contributed by atoms with Crippen molar-refractivity contribution < 1.29 is 19.7 Å². The highest BCUT2D eigenvalue weighted by atomic mass is 32.2. The van der Waals surface area contributed by atoms with Crippen molar-refractivity contribution in [2.75, 3.05) is 17.3 Å². The first-order chi connectivity index (χ1) is 12.1. The van der Waals surface area contributed by atoms with Crippen LogP contribution in [0, 0.1) is 11.8 Å². The Morgan fingerprint density at radius 1 is 1.40 bits per heavy atom. The smallest absolute Gasteiger partial charge is 0.301 e. The van der Waals surface area contributed by atoms with E-state index < -0.39 is 30.4 Å². The Labute approximate surface area is 147 Å². The van der Waals surface area contributed by atoms with Gasteiger partial charge in [0.1, 0.15) is 18.5 Å². The number of aromatic nitrogens is 4. The summed E-state index contributed by atoms with van der Waals surface area (Å²) < 4.78 is 7.29. The van der Waals surface area contributed by atoms with Gasteiger partial charge in [0.2, 0.25) is 0 Å². The zero-order valence-electron chi connectivity index (χ0n) is 13.6. The average molecular weight is 363 g/mol. The van der Waals surface area contributed by atoms with E-state index in [0.29, 0.717) is 16.9 Å². The number of imidazole rings is 1. The first-order valence-corrected chi connectivity index (χ1v) is 8.88. The second-order valence-corrected chi connectivity index (χ2v) is 6.29. The number of aliphatic hydroxyl groups excluding tert-OH is 2. The zero-order chi connectivity index (χ0) is 18.0. The van der Waals surface area contributed by atoms with E-state index in [1.54, 1.807) is 6.92 Å². The number of rotatable bonds is 4. The molecule has 0 spiro atoms. The predicted octanol–water partition coefficient (Wildman–Crippen LogP) is -0.230. The van der Waals surface area contributed by atoms with Crippen molar-refractivity contribution in [1.82, 2.24) is 19.5 Å². The van der Waals surface area contributed by atoms with Crippen LogP contribution >= 0.6 is 11.8 Å². The Morgan fingerprint density at radius 3 is 2.92 bits per heavy atom. The van der Waals surface area contributed by atoms with Crippen LogP contribution in [0.4, 0.5) is 5.82 Å². The van der Waals surface area contributed by atoms with Crippen LogP contribution in [-0.2, 0) is 9.53 Å². The quantitative estimate of drug-likeness (QED) is 0.637. The van der Waals surface area contributed by atoms with E-state index in [1.165, 1.54) is 29.0 Å². The molecule has 1 saturated heterocycles. The van der Waals surface area contributed by atoms with E-state index in [-0.39, 0.29) is 5.82 Å². The summed E-state index contributed by atoms with van der Waals surface area (Å²) >= 11 is 1.51. The maximum atomic E-state index is 11.6. The summed E-state index contributed by atoms with van der Waals surface area (Å²) in [6.45, 7) is 1.55. The molecule has 0 saturated carbocycles. The number of aliphatic hydroxyl groups is 2. The normalized spacial score (nSPS) is 25.6. The molecule has 1 aliphatic rings. The number of hydrogen-bond acceptors (Lipinski definition) is 8. The van der Waals surface area contributed by atoms with Crippen LogP contribution < -0.4 is 5.32 Å². The largest absolute Gasteiger partial charge is 0.387 e. The number of hydrogen-bond donors (Lipinski definition) is 3. The molecule has 0 aliphatic carbocycles. The fourth-order valence-corrected chi connectivity index (χ4v) is 3.25. The van der Waals surface area contributed by atoms with Crippen LogP contribution in [0.2, 0.25) is 0 Å². The molecule has 3 N–H and O–H groups in total. The molecule has 132 valence electrons. The van der Waals surface area contributed by atoms with Crippen molar-refractivity contribution in [2.24, 2.45) is 0 Å². The van der Waals surface area contributed by atoms with Gasteiger partial charge in [-0.15, -0.1) is 0 Å². The third-order valence-corrected chi connectivity index (χ3v) is 4.43. The molecule has 25 heavy (non-hydrogen) atoms. The molecule has 0 radical (unpaired) electrons. The molecule has 0 aromatic carbocycles. The Morgan fingerprint density at radius 2 is 2.20 bits per heavy atom. The molecule has 1 aliphatic heterocycles. The molecule has 9 nitrogen and oxygen atoms in total. The van der Waals surface area contributed by atoms with Gasteiger partial charge in [-0.1, -0.05) is 5.92 Å². The van der Waals surface area contributed by atoms with E-state index in [2.05, 4.69) is 32.1 Å². The standard InChI is InChI=1S/C15H17N5O4S/c1-3-4-9(21)19-13-10-14(17-6-16-13)20(7-18-10)15-12(23)11(22)8(24-15)5-25-2/h6-8,11-12,15,22-23H,5H2,1-2H3,(H,16,17,19,21)/t8-,11-,12-,15-/m1/s1. The number of nitrogens with one attached hydrogen (secondary N) is 1. The van der Waals surface area contributed by atoms with E-state index in [1.807, 2.05) is 6.26 Å². The summed E-state index contributed by atoms with van der Waals surface area (Å²) in [6, 6.07) is 0. The monoisotopic (exact) mass is 363 g/mol. The third kappa shape index (κ3) is 3.32. The molecular weight excluding hydrogens is 346 g/mol. The number of anilines is 1. The predicted molar refractivity (Wildman–Crippen MR) is 91.7 cm³/mol. The Hall–Kier alpha value is -2.19. The summed E-state index contributed by atoms with van der Waals surface area (Å²) in [5.74, 6) is 5.11. The van der Waals surface area contributed by atoms with Crippen molar-refractivity contribution in [2.45, 2.75) is 31.5 Å². The van der Waals surface area contributed by atoms with Gasteiger partial charge in [0.05, 0.1) is 12.4 Å². The van der Waals surface area contributed by atoms with Crippen LogP contribution in [0.15, 0.2) is 12.7 Å². The number of carbonyl (C=O) groups excluding carboxylic acids is 1. The Balaban J connectivity index is 1.93. The lowest BCUT2D eigenvalue weighted by Crippen LogP contribution is -2.32. The van der Waals surface area contributed by atoms with Crippen molar-refractivity contribution in [3.05, 3.63) is 12.7 Å². The highest BCUT2D eigenvalue weighted by Crippen LogP contribution is 2.33. The lowest BCUT2D eigenvalue weighted by molar-refractivity contribution is -0.111. The second-order valence-electron chi connectivity index (χ2n) is 5.38. The van der Waals surface area contributed by atoms with E-state index >= 15 is 0 Å².